The van der Waals surface area contributed by atoms with E-state index in [2.05, 4.69) is 141 Å². The Kier molecular flexibility index (Phi) is 10.6. The second-order valence-corrected chi connectivity index (χ2v) is 15.1. The minimum atomic E-state index is 0. The molecular formula is C56H36IrN5O. The van der Waals surface area contributed by atoms with E-state index in [0.29, 0.717) is 0 Å². The normalized spacial score (nSPS) is 11.1. The van der Waals surface area contributed by atoms with E-state index in [9.17, 15) is 0 Å². The van der Waals surface area contributed by atoms with Crippen LogP contribution in [0.25, 0.3) is 106 Å². The fraction of sp³-hybridized carbons (Fsp3) is 0.0179. The summed E-state index contributed by atoms with van der Waals surface area (Å²) in [5, 5.41) is 4.64. The summed E-state index contributed by atoms with van der Waals surface area (Å²) < 4.78 is 10.3. The Labute approximate surface area is 378 Å². The molecule has 300 valence electrons. The zero-order valence-corrected chi connectivity index (χ0v) is 36.4. The topological polar surface area (TPSA) is 61.7 Å². The van der Waals surface area contributed by atoms with Crippen LogP contribution in [-0.4, -0.2) is 24.1 Å². The average Bonchev–Trinajstić information content (AvgIpc) is 4.05. The summed E-state index contributed by atoms with van der Waals surface area (Å²) in [6.07, 6.45) is 7.42. The van der Waals surface area contributed by atoms with E-state index in [0.717, 1.165) is 89.3 Å². The maximum absolute atomic E-state index is 5.98. The summed E-state index contributed by atoms with van der Waals surface area (Å²) in [6, 6.07) is 70.4. The molecule has 0 radical (unpaired) electrons. The third kappa shape index (κ3) is 7.33. The molecule has 0 atom stereocenters. The Bertz CT molecular complexity index is 3540. The van der Waals surface area contributed by atoms with Crippen LogP contribution in [0.5, 0.6) is 0 Å². The Morgan fingerprint density at radius 1 is 0.508 bits per heavy atom. The van der Waals surface area contributed by atoms with Crippen LogP contribution in [-0.2, 0) is 27.2 Å². The van der Waals surface area contributed by atoms with Crippen molar-refractivity contribution in [2.75, 3.05) is 0 Å². The summed E-state index contributed by atoms with van der Waals surface area (Å²) in [6.45, 7) is 0. The van der Waals surface area contributed by atoms with Crippen LogP contribution in [0.2, 0.25) is 0 Å². The molecule has 0 bridgehead atoms. The molecule has 0 saturated carbocycles. The number of benzene rings is 7. The van der Waals surface area contributed by atoms with Crippen molar-refractivity contribution in [3.05, 3.63) is 219 Å². The first kappa shape index (κ1) is 39.4. The number of para-hydroxylation sites is 2. The molecule has 5 heterocycles. The molecule has 0 amide bonds. The van der Waals surface area contributed by atoms with Crippen LogP contribution >= 0.6 is 0 Å². The van der Waals surface area contributed by atoms with E-state index >= 15 is 0 Å². The summed E-state index contributed by atoms with van der Waals surface area (Å²) in [5.74, 6) is 0.865. The van der Waals surface area contributed by atoms with Gasteiger partial charge in [0.1, 0.15) is 5.58 Å². The van der Waals surface area contributed by atoms with Gasteiger partial charge in [0, 0.05) is 53.7 Å². The van der Waals surface area contributed by atoms with Gasteiger partial charge in [-0.25, -0.2) is 0 Å². The second kappa shape index (κ2) is 17.0. The number of imidazole rings is 1. The molecule has 0 spiro atoms. The molecule has 12 rings (SSSR count). The zero-order chi connectivity index (χ0) is 41.4. The molecule has 63 heavy (non-hydrogen) atoms. The van der Waals surface area contributed by atoms with Crippen LogP contribution in [0.1, 0.15) is 0 Å². The largest absolute Gasteiger partial charge is 3.00 e. The number of hydrogen-bond donors (Lipinski definition) is 0. The maximum Gasteiger partial charge on any atom is 3.00 e. The third-order valence-electron chi connectivity index (χ3n) is 11.3. The van der Waals surface area contributed by atoms with E-state index in [4.69, 9.17) is 4.42 Å². The van der Waals surface area contributed by atoms with Gasteiger partial charge in [-0.15, -0.1) is 89.5 Å². The standard InChI is InChI=1S/C40H25N3.C16H11N2O.Ir/c1-3-11-28(12-4-1)37-27-31(22-24-42-37)34-17-10-19-39-40(34)35-26-30(20-21-38(35)43(39)33-15-5-2-6-16-33)29-13-9-14-32(25-29)36-18-7-8-23-41-36;1-18-10-9-17-16(18)13-7-4-6-12-11-5-2-3-8-14(11)19-15(12)13;/h1-11,13,15-27H;2-6,8-10H,1H3;/q-2;-1;+3. The molecule has 6 nitrogen and oxygen atoms in total. The number of furan rings is 1. The maximum atomic E-state index is 5.98. The van der Waals surface area contributed by atoms with Gasteiger partial charge >= 0.3 is 20.1 Å². The Morgan fingerprint density at radius 3 is 2.16 bits per heavy atom. The first-order valence-electron chi connectivity index (χ1n) is 20.5. The molecule has 7 heteroatoms. The van der Waals surface area contributed by atoms with Crippen molar-refractivity contribution < 1.29 is 24.5 Å². The summed E-state index contributed by atoms with van der Waals surface area (Å²) in [7, 11) is 1.97. The molecule has 5 aromatic heterocycles. The molecule has 0 N–H and O–H groups in total. The van der Waals surface area contributed by atoms with Crippen LogP contribution in [0.15, 0.2) is 205 Å². The molecule has 0 aliphatic carbocycles. The third-order valence-corrected chi connectivity index (χ3v) is 11.3. The minimum Gasteiger partial charge on any atom is -0.501 e. The summed E-state index contributed by atoms with van der Waals surface area (Å²) in [4.78, 5) is 13.6. The van der Waals surface area contributed by atoms with E-state index in [1.807, 2.05) is 103 Å². The van der Waals surface area contributed by atoms with E-state index < -0.39 is 0 Å². The van der Waals surface area contributed by atoms with Gasteiger partial charge in [0.05, 0.1) is 22.4 Å². The molecule has 0 aliphatic rings. The fourth-order valence-corrected chi connectivity index (χ4v) is 8.42. The van der Waals surface area contributed by atoms with Crippen LogP contribution in [0.3, 0.4) is 0 Å². The van der Waals surface area contributed by atoms with Crippen molar-refractivity contribution in [3.63, 3.8) is 0 Å². The predicted octanol–water partition coefficient (Wildman–Crippen LogP) is 13.6. The van der Waals surface area contributed by atoms with Crippen molar-refractivity contribution in [3.8, 4) is 61.8 Å². The first-order chi connectivity index (χ1) is 30.7. The minimum absolute atomic E-state index is 0. The average molecular weight is 987 g/mol. The van der Waals surface area contributed by atoms with Crippen molar-refractivity contribution in [1.29, 1.82) is 0 Å². The second-order valence-electron chi connectivity index (χ2n) is 15.1. The Hall–Kier alpha value is -7.70. The Morgan fingerprint density at radius 2 is 1.32 bits per heavy atom. The predicted molar refractivity (Wildman–Crippen MR) is 251 cm³/mol. The molecule has 12 aromatic rings. The smallest absolute Gasteiger partial charge is 0.501 e. The molecule has 7 aromatic carbocycles. The number of fused-ring (bicyclic) bond motifs is 6. The van der Waals surface area contributed by atoms with Gasteiger partial charge in [-0.05, 0) is 76.6 Å². The first-order valence-corrected chi connectivity index (χ1v) is 20.5. The van der Waals surface area contributed by atoms with Gasteiger partial charge in [-0.2, -0.15) is 0 Å². The number of rotatable bonds is 6. The summed E-state index contributed by atoms with van der Waals surface area (Å²) >= 11 is 0. The SMILES string of the molecule is Cn1ccnc1-c1[c-]ccc2c1oc1ccccc12.[Ir+3].[c-]1ccccc1-c1cc(-c2cccc3c2c2cc(-c4cc[c-]c(-c5ccccn5)c4)ccc2n3-c2ccccc2)ccn1. The molecule has 0 aliphatic heterocycles. The van der Waals surface area contributed by atoms with E-state index in [1.54, 1.807) is 6.20 Å². The fourth-order valence-electron chi connectivity index (χ4n) is 8.42. The van der Waals surface area contributed by atoms with Gasteiger partial charge in [0.2, 0.25) is 0 Å². The van der Waals surface area contributed by atoms with Crippen molar-refractivity contribution >= 4 is 43.7 Å². The number of aryl methyl sites for hydroxylation is 1. The molecule has 0 fully saturated rings. The van der Waals surface area contributed by atoms with E-state index in [1.165, 1.54) is 16.3 Å². The van der Waals surface area contributed by atoms with Gasteiger partial charge < -0.3 is 23.5 Å². The number of nitrogens with zero attached hydrogens (tertiary/aromatic N) is 5. The van der Waals surface area contributed by atoms with Crippen LogP contribution in [0, 0.1) is 18.2 Å². The number of hydrogen-bond acceptors (Lipinski definition) is 4. The van der Waals surface area contributed by atoms with Gasteiger partial charge in [-0.1, -0.05) is 83.7 Å². The van der Waals surface area contributed by atoms with E-state index in [-0.39, 0.29) is 20.1 Å². The van der Waals surface area contributed by atoms with Gasteiger partial charge in [0.15, 0.2) is 0 Å². The molecule has 0 saturated heterocycles. The Balaban J connectivity index is 0.000000196. The number of pyridine rings is 2. The quantitative estimate of drug-likeness (QED) is 0.156. The van der Waals surface area contributed by atoms with Crippen molar-refractivity contribution in [1.82, 2.24) is 24.1 Å². The zero-order valence-electron chi connectivity index (χ0n) is 34.0. The monoisotopic (exact) mass is 987 g/mol. The van der Waals surface area contributed by atoms with Crippen molar-refractivity contribution in [2.45, 2.75) is 0 Å². The van der Waals surface area contributed by atoms with Gasteiger partial charge in [-0.3, -0.25) is 4.98 Å². The van der Waals surface area contributed by atoms with Gasteiger partial charge in [0.25, 0.3) is 0 Å². The van der Waals surface area contributed by atoms with Crippen LogP contribution < -0.4 is 0 Å². The van der Waals surface area contributed by atoms with Crippen LogP contribution in [0.4, 0.5) is 0 Å². The summed E-state index contributed by atoms with van der Waals surface area (Å²) in [5.41, 5.74) is 14.5. The molecule has 0 unspecified atom stereocenters. The van der Waals surface area contributed by atoms with Crippen molar-refractivity contribution in [2.24, 2.45) is 7.05 Å². The number of aromatic nitrogens is 5. The molecular weight excluding hydrogens is 951 g/mol.